The minimum atomic E-state index is -0.525. The highest BCUT2D eigenvalue weighted by Gasteiger charge is 2.26. The summed E-state index contributed by atoms with van der Waals surface area (Å²) in [6, 6.07) is 16.0. The number of hydrogen-bond acceptors (Lipinski definition) is 7. The lowest BCUT2D eigenvalue weighted by Crippen LogP contribution is -2.42. The predicted octanol–water partition coefficient (Wildman–Crippen LogP) is 5.91. The van der Waals surface area contributed by atoms with E-state index in [1.165, 1.54) is 5.56 Å². The van der Waals surface area contributed by atoms with Crippen LogP contribution in [0.25, 0.3) is 10.2 Å². The Morgan fingerprint density at radius 2 is 1.81 bits per heavy atom. The number of nitrogens with one attached hydrogen (secondary N) is 1. The number of rotatable bonds is 16. The van der Waals surface area contributed by atoms with Crippen LogP contribution >= 0.6 is 11.3 Å². The molecule has 1 amide bonds. The largest absolute Gasteiger partial charge is 0.379 e. The van der Waals surface area contributed by atoms with Gasteiger partial charge in [0.25, 0.3) is 0 Å². The number of carbonyl (C=O) groups excluding carboxylic acids is 3. The Morgan fingerprint density at radius 3 is 2.51 bits per heavy atom. The van der Waals surface area contributed by atoms with Crippen molar-refractivity contribution in [1.29, 1.82) is 0 Å². The Labute approximate surface area is 259 Å². The molecule has 43 heavy (non-hydrogen) atoms. The number of ketones is 2. The van der Waals surface area contributed by atoms with Gasteiger partial charge in [-0.15, -0.1) is 11.3 Å². The fourth-order valence-electron chi connectivity index (χ4n) is 5.37. The van der Waals surface area contributed by atoms with Gasteiger partial charge in [0, 0.05) is 56.9 Å². The van der Waals surface area contributed by atoms with Gasteiger partial charge in [-0.25, -0.2) is 4.98 Å². The summed E-state index contributed by atoms with van der Waals surface area (Å²) in [6.45, 7) is 13.7. The highest BCUT2D eigenvalue weighted by atomic mass is 32.1. The third kappa shape index (κ3) is 9.91. The van der Waals surface area contributed by atoms with Crippen LogP contribution < -0.4 is 5.32 Å². The molecule has 1 aliphatic heterocycles. The van der Waals surface area contributed by atoms with Crippen molar-refractivity contribution >= 4 is 39.0 Å². The molecule has 2 aromatic carbocycles. The Kier molecular flexibility index (Phi) is 12.2. The lowest BCUT2D eigenvalue weighted by molar-refractivity contribution is -0.130. The molecule has 2 heterocycles. The zero-order valence-electron chi connectivity index (χ0n) is 25.8. The fourth-order valence-corrected chi connectivity index (χ4v) is 6.46. The van der Waals surface area contributed by atoms with Crippen LogP contribution in [-0.2, 0) is 32.0 Å². The minimum Gasteiger partial charge on any atom is -0.379 e. The van der Waals surface area contributed by atoms with Gasteiger partial charge in [-0.3, -0.25) is 19.3 Å². The van der Waals surface area contributed by atoms with E-state index >= 15 is 0 Å². The summed E-state index contributed by atoms with van der Waals surface area (Å²) in [7, 11) is 0. The first-order valence-electron chi connectivity index (χ1n) is 15.5. The van der Waals surface area contributed by atoms with Crippen molar-refractivity contribution in [3.63, 3.8) is 0 Å². The maximum atomic E-state index is 13.8. The second kappa shape index (κ2) is 16.0. The summed E-state index contributed by atoms with van der Waals surface area (Å²) in [5.74, 6) is -0.197. The molecule has 0 unspecified atom stereocenters. The molecule has 0 radical (unpaired) electrons. The zero-order valence-corrected chi connectivity index (χ0v) is 26.6. The normalized spacial score (nSPS) is 15.3. The molecule has 230 valence electrons. The van der Waals surface area contributed by atoms with Crippen LogP contribution in [0.4, 0.5) is 0 Å². The van der Waals surface area contributed by atoms with Gasteiger partial charge in [0.15, 0.2) is 5.78 Å². The van der Waals surface area contributed by atoms with Gasteiger partial charge in [-0.05, 0) is 42.0 Å². The third-order valence-corrected chi connectivity index (χ3v) is 9.13. The van der Waals surface area contributed by atoms with Crippen LogP contribution in [0, 0.1) is 5.92 Å². The smallest absolute Gasteiger partial charge is 0.224 e. The monoisotopic (exact) mass is 603 g/mol. The molecule has 1 saturated heterocycles. The summed E-state index contributed by atoms with van der Waals surface area (Å²) in [6.07, 6.45) is 2.35. The van der Waals surface area contributed by atoms with E-state index in [4.69, 9.17) is 9.72 Å². The number of ether oxygens (including phenoxy) is 1. The molecule has 8 heteroatoms. The van der Waals surface area contributed by atoms with Gasteiger partial charge in [0.2, 0.25) is 5.91 Å². The number of fused-ring (bicyclic) bond motifs is 1. The highest BCUT2D eigenvalue weighted by molar-refractivity contribution is 7.18. The molecule has 3 aromatic rings. The maximum absolute atomic E-state index is 13.8. The van der Waals surface area contributed by atoms with Gasteiger partial charge < -0.3 is 10.1 Å². The number of hydrogen-bond donors (Lipinski definition) is 1. The number of benzene rings is 2. The molecular formula is C35H45N3O4S. The molecule has 1 aromatic heterocycles. The number of morpholine rings is 1. The number of thiazole rings is 1. The zero-order chi connectivity index (χ0) is 30.8. The molecule has 0 aliphatic carbocycles. The van der Waals surface area contributed by atoms with Crippen LogP contribution in [0.1, 0.15) is 68.5 Å². The van der Waals surface area contributed by atoms with E-state index in [-0.39, 0.29) is 29.9 Å². The minimum absolute atomic E-state index is 0.0201. The van der Waals surface area contributed by atoms with Crippen LogP contribution in [0.15, 0.2) is 60.7 Å². The number of carbonyl (C=O) groups is 3. The van der Waals surface area contributed by atoms with Crippen molar-refractivity contribution in [2.45, 2.75) is 71.3 Å². The standard InChI is InChI=1S/C35H45N3O4S/c1-5-30(39)20-28(22-34-37-31-13-11-27(24(2)3)21-33(31)43-34)35(41)36-29(19-26-9-7-6-8-10-26)12-14-32(40)25(4)23-38-15-17-42-18-16-38/h6-11,13,21,24,28-29H,4-5,12,14-20,22-23H2,1-3H3,(H,36,41)/t28-,29+/m0/s1. The summed E-state index contributed by atoms with van der Waals surface area (Å²) < 4.78 is 6.51. The van der Waals surface area contributed by atoms with E-state index in [0.717, 1.165) is 33.9 Å². The number of nitrogens with zero attached hydrogens (tertiary/aromatic N) is 2. The first-order valence-corrected chi connectivity index (χ1v) is 16.3. The number of Topliss-reactive ketones (excluding diaryl/α,β-unsaturated/α-hetero) is 2. The third-order valence-electron chi connectivity index (χ3n) is 8.09. The van der Waals surface area contributed by atoms with E-state index in [0.29, 0.717) is 63.4 Å². The molecule has 4 rings (SSSR count). The average Bonchev–Trinajstić information content (AvgIpc) is 3.41. The van der Waals surface area contributed by atoms with Crippen molar-refractivity contribution < 1.29 is 19.1 Å². The Balaban J connectivity index is 1.46. The lowest BCUT2D eigenvalue weighted by Gasteiger charge is -2.27. The molecule has 7 nitrogen and oxygen atoms in total. The van der Waals surface area contributed by atoms with E-state index < -0.39 is 5.92 Å². The molecule has 2 atom stereocenters. The molecular weight excluding hydrogens is 558 g/mol. The SMILES string of the molecule is C=C(CN1CCOCC1)C(=O)CC[C@H](Cc1ccccc1)NC(=O)[C@@H](CC(=O)CC)Cc1nc2ccc(C(C)C)cc2s1. The van der Waals surface area contributed by atoms with E-state index in [9.17, 15) is 14.4 Å². The molecule has 1 N–H and O–H groups in total. The van der Waals surface area contributed by atoms with Gasteiger partial charge in [0.05, 0.1) is 34.4 Å². The molecule has 0 saturated carbocycles. The van der Waals surface area contributed by atoms with Gasteiger partial charge in [-0.1, -0.05) is 63.7 Å². The quantitative estimate of drug-likeness (QED) is 0.205. The second-order valence-electron chi connectivity index (χ2n) is 11.8. The summed E-state index contributed by atoms with van der Waals surface area (Å²) in [5.41, 5.74) is 3.85. The number of amides is 1. The summed E-state index contributed by atoms with van der Waals surface area (Å²) >= 11 is 1.59. The molecule has 0 spiro atoms. The Morgan fingerprint density at radius 1 is 1.07 bits per heavy atom. The van der Waals surface area contributed by atoms with Crippen molar-refractivity contribution in [2.24, 2.45) is 5.92 Å². The van der Waals surface area contributed by atoms with Gasteiger partial charge in [0.1, 0.15) is 5.78 Å². The second-order valence-corrected chi connectivity index (χ2v) is 13.0. The van der Waals surface area contributed by atoms with Crippen molar-refractivity contribution in [3.8, 4) is 0 Å². The fraction of sp³-hybridized carbons (Fsp3) is 0.486. The predicted molar refractivity (Wildman–Crippen MR) is 174 cm³/mol. The van der Waals surface area contributed by atoms with Gasteiger partial charge in [-0.2, -0.15) is 0 Å². The van der Waals surface area contributed by atoms with Crippen molar-refractivity contribution in [1.82, 2.24) is 15.2 Å². The molecule has 0 bridgehead atoms. The average molecular weight is 604 g/mol. The van der Waals surface area contributed by atoms with Crippen LogP contribution in [-0.4, -0.2) is 66.2 Å². The van der Waals surface area contributed by atoms with E-state index in [2.05, 4.69) is 42.8 Å². The van der Waals surface area contributed by atoms with Crippen LogP contribution in [0.2, 0.25) is 0 Å². The highest BCUT2D eigenvalue weighted by Crippen LogP contribution is 2.28. The van der Waals surface area contributed by atoms with Crippen molar-refractivity contribution in [3.05, 3.63) is 76.8 Å². The Hall–Kier alpha value is -3.20. The van der Waals surface area contributed by atoms with E-state index in [1.54, 1.807) is 11.3 Å². The van der Waals surface area contributed by atoms with Crippen LogP contribution in [0.3, 0.4) is 0 Å². The molecule has 1 aliphatic rings. The first-order chi connectivity index (χ1) is 20.7. The van der Waals surface area contributed by atoms with Gasteiger partial charge >= 0.3 is 0 Å². The van der Waals surface area contributed by atoms with Crippen molar-refractivity contribution in [2.75, 3.05) is 32.8 Å². The summed E-state index contributed by atoms with van der Waals surface area (Å²) in [4.78, 5) is 46.4. The summed E-state index contributed by atoms with van der Waals surface area (Å²) in [5, 5.41) is 4.08. The lowest BCUT2D eigenvalue weighted by atomic mass is 9.94. The molecule has 1 fully saturated rings. The number of aromatic nitrogens is 1. The topological polar surface area (TPSA) is 88.6 Å². The Bertz CT molecular complexity index is 1390. The van der Waals surface area contributed by atoms with Crippen LogP contribution in [0.5, 0.6) is 0 Å². The first kappa shape index (κ1) is 32.7. The van der Waals surface area contributed by atoms with E-state index in [1.807, 2.05) is 43.3 Å². The maximum Gasteiger partial charge on any atom is 0.224 e.